The number of likely N-dealkylation sites (tertiary alicyclic amines) is 1. The minimum atomic E-state index is -3.49. The number of carbonyl (C=O) groups excluding carboxylic acids is 1. The van der Waals surface area contributed by atoms with Gasteiger partial charge in [-0.2, -0.15) is 8.42 Å². The van der Waals surface area contributed by atoms with Crippen LogP contribution in [0.15, 0.2) is 18.2 Å². The summed E-state index contributed by atoms with van der Waals surface area (Å²) in [6, 6.07) is 5.48. The van der Waals surface area contributed by atoms with Crippen molar-refractivity contribution in [1.29, 1.82) is 0 Å². The Balaban J connectivity index is 1.96. The van der Waals surface area contributed by atoms with E-state index in [1.165, 1.54) is 0 Å². The molecule has 1 heterocycles. The van der Waals surface area contributed by atoms with Crippen LogP contribution in [-0.4, -0.2) is 44.4 Å². The van der Waals surface area contributed by atoms with Gasteiger partial charge >= 0.3 is 6.09 Å². The molecule has 1 fully saturated rings. The Morgan fingerprint density at radius 3 is 2.38 bits per heavy atom. The van der Waals surface area contributed by atoms with Gasteiger partial charge in [-0.05, 0) is 56.7 Å². The first kappa shape index (κ1) is 21.0. The lowest BCUT2D eigenvalue weighted by Crippen LogP contribution is -2.41. The average Bonchev–Trinajstić information content (AvgIpc) is 2.51. The fourth-order valence-electron chi connectivity index (χ4n) is 2.87. The number of benzene rings is 1. The van der Waals surface area contributed by atoms with Gasteiger partial charge < -0.3 is 9.64 Å². The summed E-state index contributed by atoms with van der Waals surface area (Å²) in [7, 11) is -3.49. The third-order valence-electron chi connectivity index (χ3n) is 4.09. The largest absolute Gasteiger partial charge is 0.444 e. The lowest BCUT2D eigenvalue weighted by Gasteiger charge is -2.34. The van der Waals surface area contributed by atoms with E-state index in [1.54, 1.807) is 11.0 Å². The van der Waals surface area contributed by atoms with Crippen molar-refractivity contribution in [2.75, 3.05) is 19.3 Å². The summed E-state index contributed by atoms with van der Waals surface area (Å²) < 4.78 is 32.4. The highest BCUT2D eigenvalue weighted by atomic mass is 35.5. The summed E-state index contributed by atoms with van der Waals surface area (Å²) in [6.07, 6.45) is 2.34. The van der Waals surface area contributed by atoms with Gasteiger partial charge in [0.2, 0.25) is 0 Å². The van der Waals surface area contributed by atoms with Crippen molar-refractivity contribution in [3.8, 4) is 0 Å². The van der Waals surface area contributed by atoms with Crippen LogP contribution in [0.25, 0.3) is 0 Å². The summed E-state index contributed by atoms with van der Waals surface area (Å²) in [6.45, 7) is 6.77. The average molecular weight is 404 g/mol. The first-order valence-corrected chi connectivity index (χ1v) is 10.7. The van der Waals surface area contributed by atoms with E-state index in [-0.39, 0.29) is 18.6 Å². The number of rotatable bonds is 4. The zero-order valence-corrected chi connectivity index (χ0v) is 17.2. The van der Waals surface area contributed by atoms with E-state index in [2.05, 4.69) is 0 Å². The van der Waals surface area contributed by atoms with Crippen molar-refractivity contribution >= 4 is 27.8 Å². The van der Waals surface area contributed by atoms with Gasteiger partial charge in [0.25, 0.3) is 10.1 Å². The predicted molar refractivity (Wildman–Crippen MR) is 101 cm³/mol. The van der Waals surface area contributed by atoms with Crippen molar-refractivity contribution in [2.45, 2.75) is 51.7 Å². The number of piperidine rings is 1. The monoisotopic (exact) mass is 403 g/mol. The maximum Gasteiger partial charge on any atom is 0.410 e. The van der Waals surface area contributed by atoms with Gasteiger partial charge in [-0.3, -0.25) is 4.18 Å². The zero-order chi connectivity index (χ0) is 19.5. The number of hydrogen-bond acceptors (Lipinski definition) is 5. The lowest BCUT2D eigenvalue weighted by atomic mass is 9.89. The minimum absolute atomic E-state index is 0.0318. The molecule has 1 amide bonds. The van der Waals surface area contributed by atoms with Crippen molar-refractivity contribution in [3.63, 3.8) is 0 Å². The van der Waals surface area contributed by atoms with Gasteiger partial charge in [0, 0.05) is 18.1 Å². The van der Waals surface area contributed by atoms with Crippen molar-refractivity contribution in [3.05, 3.63) is 34.3 Å². The second kappa shape index (κ2) is 8.15. The summed E-state index contributed by atoms with van der Waals surface area (Å²) in [5, 5.41) is 0.593. The van der Waals surface area contributed by atoms with Crippen LogP contribution in [-0.2, 0) is 25.6 Å². The number of nitrogens with zero attached hydrogens (tertiary/aromatic N) is 1. The van der Waals surface area contributed by atoms with Crippen LogP contribution in [0.3, 0.4) is 0 Å². The first-order chi connectivity index (χ1) is 11.9. The van der Waals surface area contributed by atoms with Crippen molar-refractivity contribution < 1.29 is 22.1 Å². The second-order valence-corrected chi connectivity index (χ2v) is 9.61. The van der Waals surface area contributed by atoms with Crippen LogP contribution in [0.4, 0.5) is 4.79 Å². The molecule has 0 N–H and O–H groups in total. The van der Waals surface area contributed by atoms with Gasteiger partial charge in [-0.1, -0.05) is 23.7 Å². The summed E-state index contributed by atoms with van der Waals surface area (Å²) >= 11 is 6.39. The highest BCUT2D eigenvalue weighted by molar-refractivity contribution is 7.85. The number of ether oxygens (including phenoxy) is 1. The summed E-state index contributed by atoms with van der Waals surface area (Å²) in [5.74, 6) is 0.256. The second-order valence-electron chi connectivity index (χ2n) is 7.56. The first-order valence-electron chi connectivity index (χ1n) is 8.55. The van der Waals surface area contributed by atoms with Gasteiger partial charge in [0.05, 0.1) is 12.9 Å². The third-order valence-corrected chi connectivity index (χ3v) is 4.96. The molecular weight excluding hydrogens is 378 g/mol. The van der Waals surface area contributed by atoms with E-state index >= 15 is 0 Å². The van der Waals surface area contributed by atoms with E-state index in [0.717, 1.165) is 24.7 Å². The standard InChI is InChI=1S/C18H26ClNO5S/c1-18(2,3)25-17(21)20-9-7-14(8-10-20)15-6-5-13(11-16(15)19)12-24-26(4,22)23/h5-6,11,14H,7-10,12H2,1-4H3. The predicted octanol–water partition coefficient (Wildman–Crippen LogP) is 3.93. The smallest absolute Gasteiger partial charge is 0.410 e. The van der Waals surface area contributed by atoms with Crippen LogP contribution in [0.5, 0.6) is 0 Å². The van der Waals surface area contributed by atoms with Crippen LogP contribution >= 0.6 is 11.6 Å². The Kier molecular flexibility index (Phi) is 6.58. The number of hydrogen-bond donors (Lipinski definition) is 0. The third kappa shape index (κ3) is 6.45. The fourth-order valence-corrected chi connectivity index (χ4v) is 3.57. The molecule has 1 aliphatic heterocycles. The van der Waals surface area contributed by atoms with Crippen molar-refractivity contribution in [2.24, 2.45) is 0 Å². The molecule has 6 nitrogen and oxygen atoms in total. The molecular formula is C18H26ClNO5S. The maximum atomic E-state index is 12.1. The van der Waals surface area contributed by atoms with E-state index < -0.39 is 15.7 Å². The van der Waals surface area contributed by atoms with Gasteiger partial charge in [0.15, 0.2) is 0 Å². The van der Waals surface area contributed by atoms with E-state index in [1.807, 2.05) is 32.9 Å². The number of carbonyl (C=O) groups is 1. The Morgan fingerprint density at radius 1 is 1.27 bits per heavy atom. The Hall–Kier alpha value is -1.31. The maximum absolute atomic E-state index is 12.1. The van der Waals surface area contributed by atoms with Crippen LogP contribution in [0.1, 0.15) is 50.7 Å². The van der Waals surface area contributed by atoms with Crippen LogP contribution in [0.2, 0.25) is 5.02 Å². The highest BCUT2D eigenvalue weighted by Crippen LogP contribution is 2.34. The minimum Gasteiger partial charge on any atom is -0.444 e. The molecule has 1 saturated heterocycles. The van der Waals surface area contributed by atoms with Crippen LogP contribution in [0, 0.1) is 0 Å². The lowest BCUT2D eigenvalue weighted by molar-refractivity contribution is 0.0205. The molecule has 0 unspecified atom stereocenters. The normalized spacial score (nSPS) is 16.6. The fraction of sp³-hybridized carbons (Fsp3) is 0.611. The molecule has 26 heavy (non-hydrogen) atoms. The molecule has 0 spiro atoms. The van der Waals surface area contributed by atoms with E-state index in [4.69, 9.17) is 20.5 Å². The molecule has 0 radical (unpaired) electrons. The molecule has 0 saturated carbocycles. The highest BCUT2D eigenvalue weighted by Gasteiger charge is 2.28. The molecule has 0 bridgehead atoms. The van der Waals surface area contributed by atoms with E-state index in [0.29, 0.717) is 23.7 Å². The molecule has 0 atom stereocenters. The molecule has 1 aliphatic rings. The number of halogens is 1. The molecule has 0 aliphatic carbocycles. The molecule has 146 valence electrons. The molecule has 0 aromatic heterocycles. The summed E-state index contributed by atoms with van der Waals surface area (Å²) in [5.41, 5.74) is 1.22. The van der Waals surface area contributed by atoms with Gasteiger partial charge in [0.1, 0.15) is 5.60 Å². The topological polar surface area (TPSA) is 72.9 Å². The zero-order valence-electron chi connectivity index (χ0n) is 15.6. The van der Waals surface area contributed by atoms with Crippen molar-refractivity contribution in [1.82, 2.24) is 4.90 Å². The molecule has 8 heteroatoms. The van der Waals surface area contributed by atoms with Gasteiger partial charge in [-0.15, -0.1) is 0 Å². The molecule has 1 aromatic rings. The number of amides is 1. The SMILES string of the molecule is CC(C)(C)OC(=O)N1CCC(c2ccc(COS(C)(=O)=O)cc2Cl)CC1. The Bertz CT molecular complexity index is 749. The Morgan fingerprint density at radius 2 is 1.88 bits per heavy atom. The molecule has 1 aromatic carbocycles. The van der Waals surface area contributed by atoms with Gasteiger partial charge in [-0.25, -0.2) is 4.79 Å². The molecule has 2 rings (SSSR count). The Labute approximate surface area is 160 Å². The quantitative estimate of drug-likeness (QED) is 0.712. The summed E-state index contributed by atoms with van der Waals surface area (Å²) in [4.78, 5) is 13.9. The van der Waals surface area contributed by atoms with Crippen LogP contribution < -0.4 is 0 Å². The van der Waals surface area contributed by atoms with E-state index in [9.17, 15) is 13.2 Å².